The second kappa shape index (κ2) is 4.97. The highest BCUT2D eigenvalue weighted by Crippen LogP contribution is 2.29. The molecule has 2 rings (SSSR count). The van der Waals surface area contributed by atoms with Crippen molar-refractivity contribution in [2.45, 2.75) is 4.21 Å². The predicted octanol–water partition coefficient (Wildman–Crippen LogP) is 1.14. The Balaban J connectivity index is 2.41. The van der Waals surface area contributed by atoms with Crippen LogP contribution in [0.5, 0.6) is 0 Å². The van der Waals surface area contributed by atoms with Gasteiger partial charge in [-0.15, -0.1) is 11.3 Å². The summed E-state index contributed by atoms with van der Waals surface area (Å²) >= 11 is 1.02. The number of aliphatic carboxylic acids is 1. The average Bonchev–Trinajstić information content (AvgIpc) is 2.80. The molecule has 1 aromatic heterocycles. The van der Waals surface area contributed by atoms with E-state index in [-0.39, 0.29) is 4.21 Å². The van der Waals surface area contributed by atoms with Crippen LogP contribution in [0.2, 0.25) is 0 Å². The molecule has 0 fully saturated rings. The first-order valence-electron chi connectivity index (χ1n) is 5.07. The number of rotatable bonds is 4. The molecule has 2 N–H and O–H groups in total. The van der Waals surface area contributed by atoms with Crippen molar-refractivity contribution >= 4 is 37.4 Å². The van der Waals surface area contributed by atoms with Crippen LogP contribution in [0.4, 0.5) is 0 Å². The second-order valence-electron chi connectivity index (χ2n) is 3.65. The van der Waals surface area contributed by atoms with Crippen molar-refractivity contribution in [3.63, 3.8) is 0 Å². The van der Waals surface area contributed by atoms with Gasteiger partial charge in [0.05, 0.1) is 11.6 Å². The molecule has 6 nitrogen and oxygen atoms in total. The summed E-state index contributed by atoms with van der Waals surface area (Å²) in [6.07, 6.45) is 0. The number of carbonyl (C=O) groups is 1. The van der Waals surface area contributed by atoms with E-state index in [0.717, 1.165) is 16.0 Å². The van der Waals surface area contributed by atoms with E-state index < -0.39 is 22.5 Å². The zero-order valence-corrected chi connectivity index (χ0v) is 11.1. The van der Waals surface area contributed by atoms with Crippen molar-refractivity contribution in [2.75, 3.05) is 6.54 Å². The number of carboxylic acids is 1. The SMILES string of the molecule is N#Cc1ccc2sc(S(=O)(=O)NCC(=O)O)cc2c1. The van der Waals surface area contributed by atoms with Gasteiger partial charge in [-0.2, -0.15) is 9.98 Å². The van der Waals surface area contributed by atoms with E-state index in [1.807, 2.05) is 10.8 Å². The van der Waals surface area contributed by atoms with Gasteiger partial charge in [-0.1, -0.05) is 0 Å². The summed E-state index contributed by atoms with van der Waals surface area (Å²) in [4.78, 5) is 10.4. The molecule has 0 aliphatic rings. The summed E-state index contributed by atoms with van der Waals surface area (Å²) in [5.74, 6) is -1.25. The molecule has 0 saturated heterocycles. The lowest BCUT2D eigenvalue weighted by molar-refractivity contribution is -0.135. The Morgan fingerprint density at radius 1 is 1.42 bits per heavy atom. The summed E-state index contributed by atoms with van der Waals surface area (Å²) in [6.45, 7) is -0.667. The van der Waals surface area contributed by atoms with Crippen LogP contribution in [-0.2, 0) is 14.8 Å². The highest BCUT2D eigenvalue weighted by Gasteiger charge is 2.18. The van der Waals surface area contributed by atoms with Gasteiger partial charge >= 0.3 is 5.97 Å². The van der Waals surface area contributed by atoms with Crippen LogP contribution in [0.3, 0.4) is 0 Å². The Bertz CT molecular complexity index is 787. The molecule has 1 aromatic carbocycles. The number of nitriles is 1. The Kier molecular flexibility index (Phi) is 3.53. The lowest BCUT2D eigenvalue weighted by Crippen LogP contribution is -2.28. The van der Waals surface area contributed by atoms with E-state index in [4.69, 9.17) is 10.4 Å². The Labute approximate surface area is 113 Å². The zero-order chi connectivity index (χ0) is 14.0. The first-order chi connectivity index (χ1) is 8.92. The average molecular weight is 296 g/mol. The summed E-state index contributed by atoms with van der Waals surface area (Å²) < 4.78 is 26.4. The highest BCUT2D eigenvalue weighted by atomic mass is 32.2. The highest BCUT2D eigenvalue weighted by molar-refractivity contribution is 7.91. The monoisotopic (exact) mass is 296 g/mol. The molecular weight excluding hydrogens is 288 g/mol. The van der Waals surface area contributed by atoms with Crippen molar-refractivity contribution in [1.29, 1.82) is 5.26 Å². The van der Waals surface area contributed by atoms with Gasteiger partial charge in [-0.25, -0.2) is 8.42 Å². The molecule has 98 valence electrons. The van der Waals surface area contributed by atoms with Crippen molar-refractivity contribution in [3.8, 4) is 6.07 Å². The van der Waals surface area contributed by atoms with Gasteiger partial charge in [0.1, 0.15) is 10.8 Å². The van der Waals surface area contributed by atoms with Crippen LogP contribution in [0.15, 0.2) is 28.5 Å². The molecule has 0 atom stereocenters. The first-order valence-corrected chi connectivity index (χ1v) is 7.37. The summed E-state index contributed by atoms with van der Waals surface area (Å²) in [7, 11) is -3.83. The number of carboxylic acid groups (broad SMARTS) is 1. The molecule has 2 aromatic rings. The molecule has 0 saturated carbocycles. The lowest BCUT2D eigenvalue weighted by Gasteiger charge is -2.00. The van der Waals surface area contributed by atoms with Gasteiger partial charge in [0.25, 0.3) is 10.0 Å². The van der Waals surface area contributed by atoms with Crippen LogP contribution >= 0.6 is 11.3 Å². The Morgan fingerprint density at radius 2 is 2.16 bits per heavy atom. The van der Waals surface area contributed by atoms with Gasteiger partial charge in [0, 0.05) is 4.70 Å². The summed E-state index contributed by atoms with van der Waals surface area (Å²) in [5.41, 5.74) is 0.438. The van der Waals surface area contributed by atoms with E-state index in [0.29, 0.717) is 10.9 Å². The van der Waals surface area contributed by atoms with Crippen LogP contribution in [-0.4, -0.2) is 26.0 Å². The molecule has 1 heterocycles. The lowest BCUT2D eigenvalue weighted by atomic mass is 10.2. The van der Waals surface area contributed by atoms with Crippen LogP contribution in [0, 0.1) is 11.3 Å². The molecule has 0 aliphatic heterocycles. The van der Waals surface area contributed by atoms with Gasteiger partial charge in [-0.3, -0.25) is 4.79 Å². The van der Waals surface area contributed by atoms with Crippen LogP contribution in [0.25, 0.3) is 10.1 Å². The van der Waals surface area contributed by atoms with E-state index in [1.54, 1.807) is 18.2 Å². The number of thiophene rings is 1. The van der Waals surface area contributed by atoms with Crippen molar-refractivity contribution in [1.82, 2.24) is 4.72 Å². The second-order valence-corrected chi connectivity index (χ2v) is 6.73. The molecular formula is C11H8N2O4S2. The summed E-state index contributed by atoms with van der Waals surface area (Å²) in [6, 6.07) is 8.23. The number of fused-ring (bicyclic) bond motifs is 1. The Hall–Kier alpha value is -1.95. The predicted molar refractivity (Wildman–Crippen MR) is 69.4 cm³/mol. The fourth-order valence-corrected chi connectivity index (χ4v) is 3.85. The molecule has 0 unspecified atom stereocenters. The minimum absolute atomic E-state index is 0.0267. The number of benzene rings is 1. The van der Waals surface area contributed by atoms with Gasteiger partial charge in [-0.05, 0) is 29.7 Å². The molecule has 0 spiro atoms. The molecule has 19 heavy (non-hydrogen) atoms. The summed E-state index contributed by atoms with van der Waals surface area (Å²) in [5, 5.41) is 17.9. The maximum Gasteiger partial charge on any atom is 0.318 e. The normalized spacial score (nSPS) is 11.3. The topological polar surface area (TPSA) is 107 Å². The first kappa shape index (κ1) is 13.5. The van der Waals surface area contributed by atoms with Crippen molar-refractivity contribution < 1.29 is 18.3 Å². The molecule has 0 amide bonds. The maximum atomic E-state index is 11.8. The van der Waals surface area contributed by atoms with Gasteiger partial charge in [0.2, 0.25) is 0 Å². The third-order valence-corrected chi connectivity index (χ3v) is 5.29. The largest absolute Gasteiger partial charge is 0.480 e. The van der Waals surface area contributed by atoms with Gasteiger partial charge < -0.3 is 5.11 Å². The number of hydrogen-bond donors (Lipinski definition) is 2. The smallest absolute Gasteiger partial charge is 0.318 e. The van der Waals surface area contributed by atoms with E-state index in [1.165, 1.54) is 6.07 Å². The quantitative estimate of drug-likeness (QED) is 0.879. The van der Waals surface area contributed by atoms with Crippen molar-refractivity contribution in [3.05, 3.63) is 29.8 Å². The number of nitrogens with one attached hydrogen (secondary N) is 1. The number of hydrogen-bond acceptors (Lipinski definition) is 5. The molecule has 0 radical (unpaired) electrons. The van der Waals surface area contributed by atoms with E-state index in [2.05, 4.69) is 0 Å². The molecule has 0 bridgehead atoms. The minimum atomic E-state index is -3.83. The van der Waals surface area contributed by atoms with Crippen molar-refractivity contribution in [2.24, 2.45) is 0 Å². The third-order valence-electron chi connectivity index (χ3n) is 2.30. The standard InChI is InChI=1S/C11H8N2O4S2/c12-5-7-1-2-9-8(3-7)4-11(18-9)19(16,17)13-6-10(14)15/h1-4,13H,6H2,(H,14,15). The number of sulfonamides is 1. The van der Waals surface area contributed by atoms with E-state index >= 15 is 0 Å². The Morgan fingerprint density at radius 3 is 2.79 bits per heavy atom. The minimum Gasteiger partial charge on any atom is -0.480 e. The van der Waals surface area contributed by atoms with E-state index in [9.17, 15) is 13.2 Å². The fourth-order valence-electron chi connectivity index (χ4n) is 1.45. The fraction of sp³-hybridized carbons (Fsp3) is 0.0909. The third kappa shape index (κ3) is 2.90. The van der Waals surface area contributed by atoms with Crippen LogP contribution < -0.4 is 4.72 Å². The maximum absolute atomic E-state index is 11.8. The molecule has 0 aliphatic carbocycles. The molecule has 8 heteroatoms. The van der Waals surface area contributed by atoms with Crippen LogP contribution in [0.1, 0.15) is 5.56 Å². The van der Waals surface area contributed by atoms with Gasteiger partial charge in [0.15, 0.2) is 0 Å². The number of nitrogens with zero attached hydrogens (tertiary/aromatic N) is 1. The zero-order valence-electron chi connectivity index (χ0n) is 9.45.